The summed E-state index contributed by atoms with van der Waals surface area (Å²) in [7, 11) is 1.35. The van der Waals surface area contributed by atoms with Crippen LogP contribution in [0.25, 0.3) is 22.3 Å². The first-order valence-corrected chi connectivity index (χ1v) is 11.0. The number of H-pyrrole nitrogens is 1. The van der Waals surface area contributed by atoms with Crippen molar-refractivity contribution in [2.24, 2.45) is 0 Å². The van der Waals surface area contributed by atoms with Crippen LogP contribution in [0.1, 0.15) is 43.2 Å². The Hall–Kier alpha value is -3.87. The molecule has 33 heavy (non-hydrogen) atoms. The molecule has 1 saturated carbocycles. The molecule has 0 unspecified atom stereocenters. The number of benzene rings is 2. The normalized spacial score (nSPS) is 15.5. The van der Waals surface area contributed by atoms with E-state index < -0.39 is 16.6 Å². The fourth-order valence-electron chi connectivity index (χ4n) is 5.21. The monoisotopic (exact) mass is 447 g/mol. The van der Waals surface area contributed by atoms with Gasteiger partial charge in [-0.15, -0.1) is 0 Å². The van der Waals surface area contributed by atoms with Gasteiger partial charge in [-0.1, -0.05) is 19.3 Å². The first-order valence-electron chi connectivity index (χ1n) is 11.0. The van der Waals surface area contributed by atoms with Crippen LogP contribution < -0.4 is 10.2 Å². The van der Waals surface area contributed by atoms with Crippen LogP contribution in [-0.2, 0) is 5.41 Å². The summed E-state index contributed by atoms with van der Waals surface area (Å²) in [4.78, 5) is 16.4. The number of methoxy groups -OCH3 is 1. The largest absolute Gasteiger partial charge is 0.508 e. The van der Waals surface area contributed by atoms with E-state index in [1.54, 1.807) is 12.1 Å². The third kappa shape index (κ3) is 3.23. The van der Waals surface area contributed by atoms with Crippen molar-refractivity contribution in [3.63, 3.8) is 0 Å². The van der Waals surface area contributed by atoms with Crippen LogP contribution in [0, 0.1) is 0 Å². The number of nitrogens with one attached hydrogen (secondary N) is 1. The number of hydrogen-bond donors (Lipinski definition) is 4. The number of phenolic OH excluding ortho intramolecular Hbond substituents is 3. The van der Waals surface area contributed by atoms with Crippen LogP contribution in [0.3, 0.4) is 0 Å². The molecule has 7 nitrogen and oxygen atoms in total. The minimum Gasteiger partial charge on any atom is -0.508 e. The summed E-state index contributed by atoms with van der Waals surface area (Å²) in [6, 6.07) is 9.57. The molecule has 1 fully saturated rings. The third-order valence-electron chi connectivity index (χ3n) is 6.77. The molecule has 2 aromatic heterocycles. The van der Waals surface area contributed by atoms with E-state index in [-0.39, 0.29) is 34.0 Å². The summed E-state index contributed by atoms with van der Waals surface area (Å²) < 4.78 is 11.6. The molecule has 4 aromatic rings. The number of aromatic nitrogens is 1. The zero-order valence-corrected chi connectivity index (χ0v) is 18.2. The molecule has 0 saturated heterocycles. The lowest BCUT2D eigenvalue weighted by Crippen LogP contribution is -2.31. The van der Waals surface area contributed by atoms with Gasteiger partial charge < -0.3 is 29.5 Å². The molecular formula is C26H25NO6. The Balaban J connectivity index is 1.91. The van der Waals surface area contributed by atoms with Gasteiger partial charge in [0.2, 0.25) is 5.75 Å². The van der Waals surface area contributed by atoms with E-state index in [4.69, 9.17) is 9.15 Å². The molecule has 2 heterocycles. The predicted octanol–water partition coefficient (Wildman–Crippen LogP) is 5.16. The molecule has 0 bridgehead atoms. The number of phenols is 3. The van der Waals surface area contributed by atoms with Gasteiger partial charge >= 0.3 is 0 Å². The Morgan fingerprint density at radius 3 is 2.36 bits per heavy atom. The minimum atomic E-state index is -0.620. The quantitative estimate of drug-likeness (QED) is 0.343. The van der Waals surface area contributed by atoms with E-state index in [9.17, 15) is 20.1 Å². The maximum Gasteiger partial charge on any atom is 0.204 e. The highest BCUT2D eigenvalue weighted by Crippen LogP contribution is 2.55. The summed E-state index contributed by atoms with van der Waals surface area (Å²) in [5.74, 6) is -0.437. The molecule has 0 aliphatic heterocycles. The van der Waals surface area contributed by atoms with Crippen LogP contribution in [0.5, 0.6) is 23.0 Å². The Morgan fingerprint density at radius 2 is 1.73 bits per heavy atom. The van der Waals surface area contributed by atoms with E-state index in [1.165, 1.54) is 25.3 Å². The average molecular weight is 447 g/mol. The lowest BCUT2D eigenvalue weighted by Gasteiger charge is -2.38. The van der Waals surface area contributed by atoms with Gasteiger partial charge in [0.25, 0.3) is 0 Å². The van der Waals surface area contributed by atoms with Crippen molar-refractivity contribution in [2.45, 2.75) is 37.5 Å². The topological polar surface area (TPSA) is 116 Å². The van der Waals surface area contributed by atoms with Crippen molar-refractivity contribution in [2.75, 3.05) is 7.11 Å². The molecule has 1 aliphatic rings. The molecule has 170 valence electrons. The van der Waals surface area contributed by atoms with Gasteiger partial charge in [-0.3, -0.25) is 4.79 Å². The van der Waals surface area contributed by atoms with Gasteiger partial charge in [0.05, 0.1) is 12.7 Å². The van der Waals surface area contributed by atoms with Gasteiger partial charge in [-0.25, -0.2) is 0 Å². The van der Waals surface area contributed by atoms with Gasteiger partial charge in [-0.05, 0) is 48.7 Å². The van der Waals surface area contributed by atoms with E-state index >= 15 is 0 Å². The molecule has 7 heteroatoms. The van der Waals surface area contributed by atoms with E-state index in [0.29, 0.717) is 11.1 Å². The highest BCUT2D eigenvalue weighted by atomic mass is 16.5. The second-order valence-electron chi connectivity index (χ2n) is 8.57. The zero-order chi connectivity index (χ0) is 23.2. The molecule has 5 rings (SSSR count). The van der Waals surface area contributed by atoms with Crippen LogP contribution in [0.2, 0.25) is 0 Å². The van der Waals surface area contributed by atoms with Crippen molar-refractivity contribution in [3.8, 4) is 34.3 Å². The SMILES string of the molecule is COc1c(O)c(C2(c3cc[nH]c3)CCCCC2)c2oc(-c3ccc(O)cc3)cc(=O)c2c1O. The summed E-state index contributed by atoms with van der Waals surface area (Å²) in [6.45, 7) is 0. The summed E-state index contributed by atoms with van der Waals surface area (Å²) in [5.41, 5.74) is 1.09. The molecule has 0 radical (unpaired) electrons. The molecule has 0 spiro atoms. The maximum absolute atomic E-state index is 13.3. The van der Waals surface area contributed by atoms with E-state index in [1.807, 2.05) is 18.5 Å². The standard InChI is InChI=1S/C26H25NO6/c1-32-25-22(30)20-18(29)13-19(15-5-7-17(28)8-6-15)33-24(20)21(23(25)31)26(10-3-2-4-11-26)16-9-12-27-14-16/h5-9,12-14,27-28,30-31H,2-4,10-11H2,1H3. The molecule has 1 aliphatic carbocycles. The summed E-state index contributed by atoms with van der Waals surface area (Å²) in [5, 5.41) is 31.9. The fourth-order valence-corrected chi connectivity index (χ4v) is 5.21. The Kier molecular flexibility index (Phi) is 5.04. The van der Waals surface area contributed by atoms with Crippen molar-refractivity contribution in [3.05, 3.63) is 70.1 Å². The van der Waals surface area contributed by atoms with Crippen molar-refractivity contribution < 1.29 is 24.5 Å². The smallest absolute Gasteiger partial charge is 0.204 e. The second kappa shape index (κ2) is 7.92. The number of fused-ring (bicyclic) bond motifs is 1. The number of hydrogen-bond acceptors (Lipinski definition) is 6. The van der Waals surface area contributed by atoms with Crippen LogP contribution in [-0.4, -0.2) is 27.4 Å². The van der Waals surface area contributed by atoms with Crippen molar-refractivity contribution in [1.29, 1.82) is 0 Å². The third-order valence-corrected chi connectivity index (χ3v) is 6.77. The summed E-state index contributed by atoms with van der Waals surface area (Å²) >= 11 is 0. The van der Waals surface area contributed by atoms with Crippen LogP contribution >= 0.6 is 0 Å². The van der Waals surface area contributed by atoms with E-state index in [0.717, 1.165) is 37.7 Å². The van der Waals surface area contributed by atoms with Crippen molar-refractivity contribution >= 4 is 11.0 Å². The molecule has 4 N–H and O–H groups in total. The highest BCUT2D eigenvalue weighted by Gasteiger charge is 2.42. The van der Waals surface area contributed by atoms with Gasteiger partial charge in [0, 0.05) is 29.4 Å². The second-order valence-corrected chi connectivity index (χ2v) is 8.57. The predicted molar refractivity (Wildman–Crippen MR) is 124 cm³/mol. The lowest BCUT2D eigenvalue weighted by atomic mass is 9.65. The Bertz CT molecular complexity index is 1360. The first-order chi connectivity index (χ1) is 16.0. The van der Waals surface area contributed by atoms with Gasteiger partial charge in [0.1, 0.15) is 22.5 Å². The number of aromatic amines is 1. The molecule has 2 aromatic carbocycles. The van der Waals surface area contributed by atoms with E-state index in [2.05, 4.69) is 4.98 Å². The zero-order valence-electron chi connectivity index (χ0n) is 18.2. The average Bonchev–Trinajstić information content (AvgIpc) is 3.36. The molecule has 0 atom stereocenters. The minimum absolute atomic E-state index is 0.0253. The number of aromatic hydroxyl groups is 3. The number of rotatable bonds is 4. The highest BCUT2D eigenvalue weighted by molar-refractivity contribution is 5.94. The van der Waals surface area contributed by atoms with Crippen LogP contribution in [0.4, 0.5) is 0 Å². The Morgan fingerprint density at radius 1 is 1.00 bits per heavy atom. The first kappa shape index (κ1) is 21.0. The van der Waals surface area contributed by atoms with Crippen molar-refractivity contribution in [1.82, 2.24) is 4.98 Å². The Labute approximate surface area is 189 Å². The molecule has 0 amide bonds. The number of ether oxygens (including phenoxy) is 1. The van der Waals surface area contributed by atoms with Gasteiger partial charge in [-0.2, -0.15) is 0 Å². The summed E-state index contributed by atoms with van der Waals surface area (Å²) in [6.07, 6.45) is 8.18. The van der Waals surface area contributed by atoms with Gasteiger partial charge in [0.15, 0.2) is 16.9 Å². The van der Waals surface area contributed by atoms with Crippen LogP contribution in [0.15, 0.2) is 58.0 Å². The molecular weight excluding hydrogens is 422 g/mol. The lowest BCUT2D eigenvalue weighted by molar-refractivity contribution is 0.313. The fraction of sp³-hybridized carbons (Fsp3) is 0.269. The maximum atomic E-state index is 13.3.